The van der Waals surface area contributed by atoms with Crippen LogP contribution >= 0.6 is 11.3 Å². The number of anilines is 1. The Bertz CT molecular complexity index is 301. The van der Waals surface area contributed by atoms with Crippen molar-refractivity contribution in [1.82, 2.24) is 4.90 Å². The molecule has 0 aliphatic rings. The number of amides is 2. The van der Waals surface area contributed by atoms with Crippen LogP contribution in [0, 0.1) is 0 Å². The molecule has 2 N–H and O–H groups in total. The summed E-state index contributed by atoms with van der Waals surface area (Å²) in [6.07, 6.45) is 1.99. The van der Waals surface area contributed by atoms with Crippen molar-refractivity contribution >= 4 is 23.1 Å². The van der Waals surface area contributed by atoms with Crippen LogP contribution in [0.1, 0.15) is 19.8 Å². The average molecular weight is 242 g/mol. The molecule has 1 heterocycles. The van der Waals surface area contributed by atoms with Crippen molar-refractivity contribution in [2.45, 2.75) is 19.8 Å². The lowest BCUT2D eigenvalue weighted by Crippen LogP contribution is -2.37. The zero-order valence-electron chi connectivity index (χ0n) is 9.48. The molecular formula is C11H18N2O2S. The van der Waals surface area contributed by atoms with Crippen LogP contribution in [-0.4, -0.2) is 35.7 Å². The highest BCUT2D eigenvalue weighted by atomic mass is 32.1. The van der Waals surface area contributed by atoms with Crippen LogP contribution in [-0.2, 0) is 0 Å². The van der Waals surface area contributed by atoms with Crippen LogP contribution in [0.15, 0.2) is 16.8 Å². The monoisotopic (exact) mass is 242 g/mol. The summed E-state index contributed by atoms with van der Waals surface area (Å²) < 4.78 is 0. The molecule has 0 saturated heterocycles. The lowest BCUT2D eigenvalue weighted by atomic mass is 10.3. The molecular weight excluding hydrogens is 224 g/mol. The number of carbonyl (C=O) groups excluding carboxylic acids is 1. The van der Waals surface area contributed by atoms with E-state index in [0.29, 0.717) is 13.1 Å². The third kappa shape index (κ3) is 4.20. The fraction of sp³-hybridized carbons (Fsp3) is 0.545. The molecule has 0 aliphatic heterocycles. The van der Waals surface area contributed by atoms with Gasteiger partial charge in [-0.15, -0.1) is 0 Å². The summed E-state index contributed by atoms with van der Waals surface area (Å²) in [4.78, 5) is 13.5. The maximum Gasteiger partial charge on any atom is 0.321 e. The molecule has 0 radical (unpaired) electrons. The average Bonchev–Trinajstić information content (AvgIpc) is 2.76. The summed E-state index contributed by atoms with van der Waals surface area (Å²) in [7, 11) is 0. The molecule has 0 spiro atoms. The van der Waals surface area contributed by atoms with Crippen molar-refractivity contribution in [3.63, 3.8) is 0 Å². The summed E-state index contributed by atoms with van der Waals surface area (Å²) in [5.41, 5.74) is 0.814. The molecule has 0 aromatic carbocycles. The van der Waals surface area contributed by atoms with Gasteiger partial charge in [-0.25, -0.2) is 4.79 Å². The minimum Gasteiger partial charge on any atom is -0.395 e. The second kappa shape index (κ2) is 7.24. The molecule has 0 atom stereocenters. The van der Waals surface area contributed by atoms with Crippen LogP contribution in [0.5, 0.6) is 0 Å². The van der Waals surface area contributed by atoms with E-state index in [9.17, 15) is 4.79 Å². The maximum atomic E-state index is 11.8. The molecule has 1 aromatic heterocycles. The van der Waals surface area contributed by atoms with Gasteiger partial charge in [0.15, 0.2) is 0 Å². The molecule has 2 amide bonds. The number of aliphatic hydroxyl groups is 1. The lowest BCUT2D eigenvalue weighted by Gasteiger charge is -2.21. The molecule has 0 aliphatic carbocycles. The maximum absolute atomic E-state index is 11.8. The number of unbranched alkanes of at least 4 members (excludes halogenated alkanes) is 1. The van der Waals surface area contributed by atoms with E-state index in [0.717, 1.165) is 18.5 Å². The Morgan fingerprint density at radius 1 is 1.56 bits per heavy atom. The smallest absolute Gasteiger partial charge is 0.321 e. The van der Waals surface area contributed by atoms with Crippen LogP contribution in [0.3, 0.4) is 0 Å². The van der Waals surface area contributed by atoms with Gasteiger partial charge in [-0.1, -0.05) is 13.3 Å². The topological polar surface area (TPSA) is 52.6 Å². The second-order valence-electron chi connectivity index (χ2n) is 3.51. The quantitative estimate of drug-likeness (QED) is 0.804. The summed E-state index contributed by atoms with van der Waals surface area (Å²) in [5, 5.41) is 15.5. The Hall–Kier alpha value is -1.07. The van der Waals surface area contributed by atoms with Crippen LogP contribution in [0.4, 0.5) is 10.5 Å². The van der Waals surface area contributed by atoms with Gasteiger partial charge in [0.2, 0.25) is 0 Å². The predicted octanol–water partition coefficient (Wildman–Crippen LogP) is 2.37. The van der Waals surface area contributed by atoms with Gasteiger partial charge in [-0.3, -0.25) is 0 Å². The van der Waals surface area contributed by atoms with Crippen LogP contribution in [0.2, 0.25) is 0 Å². The SMILES string of the molecule is CCCCN(CCO)C(=O)Nc1ccsc1. The molecule has 16 heavy (non-hydrogen) atoms. The van der Waals surface area contributed by atoms with Gasteiger partial charge in [0.25, 0.3) is 0 Å². The first-order valence-corrected chi connectivity index (χ1v) is 6.41. The Morgan fingerprint density at radius 3 is 2.94 bits per heavy atom. The largest absolute Gasteiger partial charge is 0.395 e. The van der Waals surface area contributed by atoms with Gasteiger partial charge in [-0.05, 0) is 17.9 Å². The second-order valence-corrected chi connectivity index (χ2v) is 4.29. The van der Waals surface area contributed by atoms with Gasteiger partial charge in [0.1, 0.15) is 0 Å². The fourth-order valence-electron chi connectivity index (χ4n) is 1.32. The van der Waals surface area contributed by atoms with E-state index in [-0.39, 0.29) is 12.6 Å². The van der Waals surface area contributed by atoms with Crippen molar-refractivity contribution in [1.29, 1.82) is 0 Å². The molecule has 5 heteroatoms. The Morgan fingerprint density at radius 2 is 2.38 bits per heavy atom. The molecule has 0 bridgehead atoms. The van der Waals surface area contributed by atoms with E-state index in [1.165, 1.54) is 0 Å². The highest BCUT2D eigenvalue weighted by molar-refractivity contribution is 7.08. The van der Waals surface area contributed by atoms with Gasteiger partial charge in [0.05, 0.1) is 12.3 Å². The summed E-state index contributed by atoms with van der Waals surface area (Å²) in [6.45, 7) is 3.15. The number of hydrogen-bond acceptors (Lipinski definition) is 3. The minimum absolute atomic E-state index is 0.000765. The van der Waals surface area contributed by atoms with E-state index in [1.807, 2.05) is 16.8 Å². The number of thiophene rings is 1. The van der Waals surface area contributed by atoms with Crippen molar-refractivity contribution in [2.75, 3.05) is 25.0 Å². The van der Waals surface area contributed by atoms with Crippen molar-refractivity contribution in [3.8, 4) is 0 Å². The summed E-state index contributed by atoms with van der Waals surface area (Å²) in [6, 6.07) is 1.72. The number of nitrogens with one attached hydrogen (secondary N) is 1. The molecule has 90 valence electrons. The number of hydrogen-bond donors (Lipinski definition) is 2. The van der Waals surface area contributed by atoms with E-state index in [4.69, 9.17) is 5.11 Å². The van der Waals surface area contributed by atoms with Gasteiger partial charge >= 0.3 is 6.03 Å². The number of nitrogens with zero attached hydrogens (tertiary/aromatic N) is 1. The number of urea groups is 1. The van der Waals surface area contributed by atoms with Crippen LogP contribution in [0.25, 0.3) is 0 Å². The highest BCUT2D eigenvalue weighted by Gasteiger charge is 2.12. The molecule has 1 rings (SSSR count). The summed E-state index contributed by atoms with van der Waals surface area (Å²) in [5.74, 6) is 0. The standard InChI is InChI=1S/C11H18N2O2S/c1-2-3-5-13(6-7-14)11(15)12-10-4-8-16-9-10/h4,8-9,14H,2-3,5-7H2,1H3,(H,12,15). The van der Waals surface area contributed by atoms with E-state index < -0.39 is 0 Å². The molecule has 0 saturated carbocycles. The number of aliphatic hydroxyl groups excluding tert-OH is 1. The number of rotatable bonds is 6. The predicted molar refractivity (Wildman–Crippen MR) is 66.9 cm³/mol. The molecule has 0 fully saturated rings. The van der Waals surface area contributed by atoms with Crippen molar-refractivity contribution < 1.29 is 9.90 Å². The fourth-order valence-corrected chi connectivity index (χ4v) is 1.91. The zero-order valence-corrected chi connectivity index (χ0v) is 10.3. The van der Waals surface area contributed by atoms with Gasteiger partial charge < -0.3 is 15.3 Å². The Kier molecular flexibility index (Phi) is 5.88. The lowest BCUT2D eigenvalue weighted by molar-refractivity contribution is 0.187. The highest BCUT2D eigenvalue weighted by Crippen LogP contribution is 2.12. The zero-order chi connectivity index (χ0) is 11.8. The Balaban J connectivity index is 2.46. The van der Waals surface area contributed by atoms with Crippen LogP contribution < -0.4 is 5.32 Å². The Labute approximate surface area is 99.9 Å². The first-order valence-electron chi connectivity index (χ1n) is 5.47. The number of carbonyl (C=O) groups is 1. The third-order valence-corrected chi connectivity index (χ3v) is 2.89. The minimum atomic E-state index is -0.138. The van der Waals surface area contributed by atoms with Gasteiger partial charge in [0, 0.05) is 18.5 Å². The molecule has 1 aromatic rings. The molecule has 0 unspecified atom stereocenters. The summed E-state index contributed by atoms with van der Waals surface area (Å²) >= 11 is 1.54. The van der Waals surface area contributed by atoms with Crippen molar-refractivity contribution in [3.05, 3.63) is 16.8 Å². The first-order chi connectivity index (χ1) is 7.77. The normalized spacial score (nSPS) is 10.1. The first kappa shape index (κ1) is 13.0. The molecule has 4 nitrogen and oxygen atoms in total. The van der Waals surface area contributed by atoms with Crippen molar-refractivity contribution in [2.24, 2.45) is 0 Å². The van der Waals surface area contributed by atoms with Gasteiger partial charge in [-0.2, -0.15) is 11.3 Å². The van der Waals surface area contributed by atoms with E-state index in [2.05, 4.69) is 12.2 Å². The third-order valence-electron chi connectivity index (χ3n) is 2.21. The van der Waals surface area contributed by atoms with E-state index >= 15 is 0 Å². The van der Waals surface area contributed by atoms with E-state index in [1.54, 1.807) is 16.2 Å².